The first kappa shape index (κ1) is 9.06. The van der Waals surface area contributed by atoms with E-state index in [1.165, 1.54) is 22.0 Å². The maximum atomic E-state index is 3.64. The molecule has 1 heteroatoms. The molecule has 0 saturated carbocycles. The fourth-order valence-corrected chi connectivity index (χ4v) is 2.94. The summed E-state index contributed by atoms with van der Waals surface area (Å²) < 4.78 is 0. The van der Waals surface area contributed by atoms with E-state index in [4.69, 9.17) is 0 Å². The predicted octanol–water partition coefficient (Wildman–Crippen LogP) is 3.84. The average Bonchev–Trinajstić information content (AvgIpc) is 2.78. The molecular formula is C16H13N. The van der Waals surface area contributed by atoms with E-state index < -0.39 is 0 Å². The Morgan fingerprint density at radius 1 is 0.882 bits per heavy atom. The van der Waals surface area contributed by atoms with Crippen molar-refractivity contribution in [1.29, 1.82) is 0 Å². The maximum Gasteiger partial charge on any atom is 0.0552 e. The number of nitrogens with one attached hydrogen (secondary N) is 1. The largest absolute Gasteiger partial charge is 0.377 e. The highest BCUT2D eigenvalue weighted by Gasteiger charge is 2.30. The van der Waals surface area contributed by atoms with Gasteiger partial charge in [-0.15, -0.1) is 0 Å². The molecule has 2 atom stereocenters. The quantitative estimate of drug-likeness (QED) is 0.709. The number of hydrogen-bond acceptors (Lipinski definition) is 1. The second kappa shape index (κ2) is 3.24. The van der Waals surface area contributed by atoms with Gasteiger partial charge in [0.05, 0.1) is 6.04 Å². The first-order valence-electron chi connectivity index (χ1n) is 6.07. The number of anilines is 1. The molecule has 1 nitrogen and oxygen atoms in total. The Hall–Kier alpha value is -2.02. The summed E-state index contributed by atoms with van der Waals surface area (Å²) in [6, 6.07) is 13.5. The van der Waals surface area contributed by atoms with Crippen LogP contribution in [0.3, 0.4) is 0 Å². The summed E-state index contributed by atoms with van der Waals surface area (Å²) in [5.74, 6) is 0.500. The third-order valence-electron chi connectivity index (χ3n) is 3.77. The maximum absolute atomic E-state index is 3.64. The van der Waals surface area contributed by atoms with Gasteiger partial charge in [0.1, 0.15) is 0 Å². The molecule has 17 heavy (non-hydrogen) atoms. The Bertz CT molecular complexity index is 652. The molecule has 1 N–H and O–H groups in total. The van der Waals surface area contributed by atoms with Gasteiger partial charge in [-0.3, -0.25) is 0 Å². The molecule has 1 heterocycles. The van der Waals surface area contributed by atoms with Gasteiger partial charge >= 0.3 is 0 Å². The van der Waals surface area contributed by atoms with Gasteiger partial charge in [0.25, 0.3) is 0 Å². The highest BCUT2D eigenvalue weighted by molar-refractivity contribution is 5.97. The van der Waals surface area contributed by atoms with Crippen LogP contribution in [0, 0.1) is 0 Å². The third-order valence-corrected chi connectivity index (χ3v) is 3.77. The van der Waals surface area contributed by atoms with Gasteiger partial charge in [-0.1, -0.05) is 60.7 Å². The average molecular weight is 219 g/mol. The van der Waals surface area contributed by atoms with E-state index in [0.717, 1.165) is 0 Å². The molecule has 1 aliphatic carbocycles. The number of benzene rings is 2. The summed E-state index contributed by atoms with van der Waals surface area (Å²) in [5.41, 5.74) is 2.74. The predicted molar refractivity (Wildman–Crippen MR) is 72.4 cm³/mol. The lowest BCUT2D eigenvalue weighted by molar-refractivity contribution is 0.805. The van der Waals surface area contributed by atoms with E-state index in [2.05, 4.69) is 66.0 Å². The van der Waals surface area contributed by atoms with Crippen LogP contribution < -0.4 is 5.32 Å². The van der Waals surface area contributed by atoms with Crippen molar-refractivity contribution in [3.05, 3.63) is 66.3 Å². The van der Waals surface area contributed by atoms with Crippen LogP contribution in [0.5, 0.6) is 0 Å². The Balaban J connectivity index is 2.00. The second-order valence-corrected chi connectivity index (χ2v) is 4.72. The zero-order chi connectivity index (χ0) is 11.2. The lowest BCUT2D eigenvalue weighted by atomic mass is 9.91. The van der Waals surface area contributed by atoms with Crippen molar-refractivity contribution in [2.75, 3.05) is 5.32 Å². The molecule has 1 unspecified atom stereocenters. The molecule has 2 aliphatic rings. The van der Waals surface area contributed by atoms with Gasteiger partial charge in [0.15, 0.2) is 0 Å². The zero-order valence-electron chi connectivity index (χ0n) is 9.43. The van der Waals surface area contributed by atoms with Crippen LogP contribution in [0.25, 0.3) is 10.8 Å². The van der Waals surface area contributed by atoms with Crippen LogP contribution in [0.15, 0.2) is 60.7 Å². The van der Waals surface area contributed by atoms with Crippen LogP contribution in [-0.2, 0) is 0 Å². The lowest BCUT2D eigenvalue weighted by Crippen LogP contribution is -2.17. The molecule has 0 radical (unpaired) electrons. The fourth-order valence-electron chi connectivity index (χ4n) is 2.94. The molecular weight excluding hydrogens is 206 g/mol. The van der Waals surface area contributed by atoms with Crippen molar-refractivity contribution in [2.45, 2.75) is 12.0 Å². The molecule has 2 aromatic rings. The molecule has 0 fully saturated rings. The number of allylic oxidation sites excluding steroid dienone is 2. The fraction of sp³-hybridized carbons (Fsp3) is 0.125. The van der Waals surface area contributed by atoms with Gasteiger partial charge in [0.2, 0.25) is 0 Å². The number of fused-ring (bicyclic) bond motifs is 5. The van der Waals surface area contributed by atoms with E-state index in [-0.39, 0.29) is 0 Å². The van der Waals surface area contributed by atoms with Crippen molar-refractivity contribution >= 4 is 16.5 Å². The SMILES string of the molecule is C1=CC2Nc3c(ccc4ccccc34)[C@@H]2C=C1. The van der Waals surface area contributed by atoms with Gasteiger partial charge in [-0.2, -0.15) is 0 Å². The normalized spacial score (nSPS) is 24.5. The Kier molecular flexibility index (Phi) is 1.72. The molecule has 0 spiro atoms. The zero-order valence-corrected chi connectivity index (χ0v) is 9.43. The molecule has 2 aromatic carbocycles. The second-order valence-electron chi connectivity index (χ2n) is 4.72. The van der Waals surface area contributed by atoms with Crippen LogP contribution in [-0.4, -0.2) is 6.04 Å². The van der Waals surface area contributed by atoms with Crippen molar-refractivity contribution in [3.8, 4) is 0 Å². The summed E-state index contributed by atoms with van der Waals surface area (Å²) in [6.07, 6.45) is 8.81. The number of rotatable bonds is 0. The highest BCUT2D eigenvalue weighted by Crippen LogP contribution is 2.42. The minimum Gasteiger partial charge on any atom is -0.377 e. The summed E-state index contributed by atoms with van der Waals surface area (Å²) in [4.78, 5) is 0. The van der Waals surface area contributed by atoms with E-state index in [9.17, 15) is 0 Å². The van der Waals surface area contributed by atoms with E-state index in [0.29, 0.717) is 12.0 Å². The lowest BCUT2D eigenvalue weighted by Gasteiger charge is -2.15. The van der Waals surface area contributed by atoms with Crippen LogP contribution in [0.2, 0.25) is 0 Å². The smallest absolute Gasteiger partial charge is 0.0552 e. The van der Waals surface area contributed by atoms with Gasteiger partial charge < -0.3 is 5.32 Å². The molecule has 82 valence electrons. The van der Waals surface area contributed by atoms with E-state index >= 15 is 0 Å². The van der Waals surface area contributed by atoms with Gasteiger partial charge in [-0.05, 0) is 10.9 Å². The Morgan fingerprint density at radius 2 is 1.76 bits per heavy atom. The highest BCUT2D eigenvalue weighted by atomic mass is 15.0. The van der Waals surface area contributed by atoms with Crippen LogP contribution in [0.1, 0.15) is 11.5 Å². The topological polar surface area (TPSA) is 12.0 Å². The first-order chi connectivity index (χ1) is 8.43. The number of hydrogen-bond donors (Lipinski definition) is 1. The van der Waals surface area contributed by atoms with Crippen LogP contribution in [0.4, 0.5) is 5.69 Å². The van der Waals surface area contributed by atoms with Gasteiger partial charge in [0, 0.05) is 17.0 Å². The molecule has 0 amide bonds. The minimum absolute atomic E-state index is 0.431. The summed E-state index contributed by atoms with van der Waals surface area (Å²) in [7, 11) is 0. The molecule has 0 aromatic heterocycles. The molecule has 0 saturated heterocycles. The van der Waals surface area contributed by atoms with E-state index in [1.807, 2.05) is 0 Å². The standard InChI is InChI=1S/C16H13N/c1-2-6-12-11(5-1)9-10-14-13-7-3-4-8-15(13)17-16(12)14/h1-10,13,15,17H/t13-,15?/m0/s1. The minimum atomic E-state index is 0.431. The van der Waals surface area contributed by atoms with Crippen LogP contribution >= 0.6 is 0 Å². The van der Waals surface area contributed by atoms with Crippen molar-refractivity contribution in [2.24, 2.45) is 0 Å². The Labute approximate surface area is 100 Å². The monoisotopic (exact) mass is 219 g/mol. The summed E-state index contributed by atoms with van der Waals surface area (Å²) >= 11 is 0. The third kappa shape index (κ3) is 1.19. The van der Waals surface area contributed by atoms with Gasteiger partial charge in [-0.25, -0.2) is 0 Å². The Morgan fingerprint density at radius 3 is 2.76 bits per heavy atom. The summed E-state index contributed by atoms with van der Waals surface area (Å²) in [6.45, 7) is 0. The summed E-state index contributed by atoms with van der Waals surface area (Å²) in [5, 5.41) is 6.29. The van der Waals surface area contributed by atoms with Crippen molar-refractivity contribution < 1.29 is 0 Å². The van der Waals surface area contributed by atoms with Crippen molar-refractivity contribution in [3.63, 3.8) is 0 Å². The van der Waals surface area contributed by atoms with E-state index in [1.54, 1.807) is 0 Å². The molecule has 1 aliphatic heterocycles. The first-order valence-corrected chi connectivity index (χ1v) is 6.07. The molecule has 0 bridgehead atoms. The van der Waals surface area contributed by atoms with Crippen molar-refractivity contribution in [1.82, 2.24) is 0 Å². The molecule has 4 rings (SSSR count).